The fraction of sp³-hybridized carbons (Fsp3) is 0.217. The van der Waals surface area contributed by atoms with Crippen LogP contribution in [0.2, 0.25) is 10.0 Å². The van der Waals surface area contributed by atoms with Gasteiger partial charge in [0.1, 0.15) is 0 Å². The maximum atomic E-state index is 12.4. The molecule has 1 aromatic heterocycles. The number of hydrogen-bond acceptors (Lipinski definition) is 4. The highest BCUT2D eigenvalue weighted by Crippen LogP contribution is 2.29. The zero-order valence-electron chi connectivity index (χ0n) is 17.7. The molecule has 3 rings (SSSR count). The van der Waals surface area contributed by atoms with Crippen molar-refractivity contribution in [3.05, 3.63) is 74.3 Å². The van der Waals surface area contributed by atoms with Crippen LogP contribution in [0.4, 0.5) is 5.82 Å². The molecule has 1 heterocycles. The third-order valence-electron chi connectivity index (χ3n) is 4.28. The molecular formula is C23H22BrCl2N3O3. The highest BCUT2D eigenvalue weighted by atomic mass is 79.9. The molecule has 1 N–H and O–H groups in total. The monoisotopic (exact) mass is 537 g/mol. The van der Waals surface area contributed by atoms with Crippen molar-refractivity contribution in [3.8, 4) is 11.5 Å². The van der Waals surface area contributed by atoms with Gasteiger partial charge in [-0.15, -0.1) is 0 Å². The number of aromatic nitrogens is 2. The Bertz CT molecular complexity index is 1150. The summed E-state index contributed by atoms with van der Waals surface area (Å²) >= 11 is 15.6. The van der Waals surface area contributed by atoms with Crippen molar-refractivity contribution >= 4 is 56.9 Å². The fourth-order valence-electron chi connectivity index (χ4n) is 2.86. The summed E-state index contributed by atoms with van der Waals surface area (Å²) in [5, 5.41) is 8.29. The summed E-state index contributed by atoms with van der Waals surface area (Å²) in [6.45, 7) is 4.33. The van der Waals surface area contributed by atoms with Crippen LogP contribution in [-0.2, 0) is 11.3 Å². The summed E-state index contributed by atoms with van der Waals surface area (Å²) in [7, 11) is 1.58. The minimum absolute atomic E-state index is 0.0324. The first-order valence-corrected chi connectivity index (χ1v) is 11.3. The lowest BCUT2D eigenvalue weighted by Gasteiger charge is -2.13. The molecule has 0 atom stereocenters. The standard InChI is InChI=1S/C23H22BrCl2N3O3/c1-14(2)32-20-8-4-15(10-21(20)31-3)5-9-22(30)27-23-18(24)13-29(28-23)12-16-6-7-17(25)11-19(16)26/h4-11,13-14H,12H2,1-3H3,(H,27,28,30). The van der Waals surface area contributed by atoms with Gasteiger partial charge >= 0.3 is 0 Å². The van der Waals surface area contributed by atoms with E-state index >= 15 is 0 Å². The topological polar surface area (TPSA) is 65.4 Å². The van der Waals surface area contributed by atoms with Crippen molar-refractivity contribution < 1.29 is 14.3 Å². The van der Waals surface area contributed by atoms with E-state index in [0.717, 1.165) is 11.1 Å². The van der Waals surface area contributed by atoms with E-state index in [1.54, 1.807) is 36.2 Å². The Balaban J connectivity index is 1.66. The smallest absolute Gasteiger partial charge is 0.249 e. The van der Waals surface area contributed by atoms with Crippen molar-refractivity contribution in [2.24, 2.45) is 0 Å². The molecule has 0 spiro atoms. The fourth-order valence-corrected chi connectivity index (χ4v) is 3.74. The van der Waals surface area contributed by atoms with E-state index in [1.807, 2.05) is 38.1 Å². The van der Waals surface area contributed by atoms with Crippen LogP contribution in [0.15, 0.2) is 53.1 Å². The van der Waals surface area contributed by atoms with Gasteiger partial charge in [-0.25, -0.2) is 0 Å². The molecule has 0 aliphatic rings. The Hall–Kier alpha value is -2.48. The molecule has 9 heteroatoms. The van der Waals surface area contributed by atoms with E-state index in [1.165, 1.54) is 6.08 Å². The van der Waals surface area contributed by atoms with Gasteiger partial charge in [0.15, 0.2) is 17.3 Å². The van der Waals surface area contributed by atoms with Crippen molar-refractivity contribution in [1.82, 2.24) is 9.78 Å². The second-order valence-electron chi connectivity index (χ2n) is 7.16. The summed E-state index contributed by atoms with van der Waals surface area (Å²) in [4.78, 5) is 12.4. The van der Waals surface area contributed by atoms with Gasteiger partial charge < -0.3 is 14.8 Å². The lowest BCUT2D eigenvalue weighted by Crippen LogP contribution is -2.10. The number of hydrogen-bond donors (Lipinski definition) is 1. The van der Waals surface area contributed by atoms with Crippen molar-refractivity contribution in [2.75, 3.05) is 12.4 Å². The number of rotatable bonds is 8. The minimum Gasteiger partial charge on any atom is -0.493 e. The third kappa shape index (κ3) is 6.51. The Labute approximate surface area is 205 Å². The molecule has 0 radical (unpaired) electrons. The average molecular weight is 539 g/mol. The Morgan fingerprint density at radius 2 is 2.00 bits per heavy atom. The molecule has 0 saturated carbocycles. The largest absolute Gasteiger partial charge is 0.493 e. The molecule has 0 aliphatic carbocycles. The molecule has 1 amide bonds. The number of nitrogens with zero attached hydrogens (tertiary/aromatic N) is 2. The van der Waals surface area contributed by atoms with Crippen LogP contribution >= 0.6 is 39.1 Å². The molecule has 168 valence electrons. The molecule has 0 saturated heterocycles. The second-order valence-corrected chi connectivity index (χ2v) is 8.86. The van der Waals surface area contributed by atoms with Crippen LogP contribution in [0.3, 0.4) is 0 Å². The number of benzene rings is 2. The number of ether oxygens (including phenoxy) is 2. The predicted octanol–water partition coefficient (Wildman–Crippen LogP) is 6.45. The molecule has 0 aliphatic heterocycles. The van der Waals surface area contributed by atoms with Gasteiger partial charge in [-0.05, 0) is 71.2 Å². The number of carbonyl (C=O) groups excluding carboxylic acids is 1. The Kier molecular flexibility index (Phi) is 8.23. The summed E-state index contributed by atoms with van der Waals surface area (Å²) in [5.74, 6) is 1.34. The molecule has 0 unspecified atom stereocenters. The number of nitrogens with one attached hydrogen (secondary N) is 1. The lowest BCUT2D eigenvalue weighted by molar-refractivity contribution is -0.111. The molecule has 0 bridgehead atoms. The van der Waals surface area contributed by atoms with Crippen molar-refractivity contribution in [2.45, 2.75) is 26.5 Å². The lowest BCUT2D eigenvalue weighted by atomic mass is 10.2. The van der Waals surface area contributed by atoms with E-state index < -0.39 is 0 Å². The molecular weight excluding hydrogens is 517 g/mol. The first-order chi connectivity index (χ1) is 15.2. The van der Waals surface area contributed by atoms with Gasteiger partial charge in [-0.2, -0.15) is 5.10 Å². The molecule has 6 nitrogen and oxygen atoms in total. The van der Waals surface area contributed by atoms with Crippen LogP contribution < -0.4 is 14.8 Å². The van der Waals surface area contributed by atoms with Gasteiger partial charge in [0.25, 0.3) is 0 Å². The van der Waals surface area contributed by atoms with Gasteiger partial charge in [0, 0.05) is 22.3 Å². The molecule has 0 fully saturated rings. The Morgan fingerprint density at radius 3 is 2.69 bits per heavy atom. The second kappa shape index (κ2) is 10.9. The molecule has 32 heavy (non-hydrogen) atoms. The van der Waals surface area contributed by atoms with Gasteiger partial charge in [0.05, 0.1) is 24.2 Å². The highest BCUT2D eigenvalue weighted by Gasteiger charge is 2.11. The van der Waals surface area contributed by atoms with Gasteiger partial charge in [0.2, 0.25) is 5.91 Å². The number of anilines is 1. The summed E-state index contributed by atoms with van der Waals surface area (Å²) in [6, 6.07) is 10.8. The van der Waals surface area contributed by atoms with E-state index in [-0.39, 0.29) is 12.0 Å². The van der Waals surface area contributed by atoms with Gasteiger partial charge in [-0.1, -0.05) is 35.3 Å². The maximum absolute atomic E-state index is 12.4. The van der Waals surface area contributed by atoms with E-state index in [4.69, 9.17) is 32.7 Å². The van der Waals surface area contributed by atoms with Crippen molar-refractivity contribution in [3.63, 3.8) is 0 Å². The average Bonchev–Trinajstić information content (AvgIpc) is 3.07. The quantitative estimate of drug-likeness (QED) is 0.335. The number of amides is 1. The number of carbonyl (C=O) groups is 1. The summed E-state index contributed by atoms with van der Waals surface area (Å²) in [5.41, 5.74) is 1.66. The van der Waals surface area contributed by atoms with Gasteiger partial charge in [-0.3, -0.25) is 9.48 Å². The zero-order valence-corrected chi connectivity index (χ0v) is 20.8. The van der Waals surface area contributed by atoms with Crippen molar-refractivity contribution in [1.29, 1.82) is 0 Å². The van der Waals surface area contributed by atoms with E-state index in [0.29, 0.717) is 38.4 Å². The normalized spacial score (nSPS) is 11.2. The van der Waals surface area contributed by atoms with Crippen LogP contribution in [0, 0.1) is 0 Å². The molecule has 3 aromatic rings. The van der Waals surface area contributed by atoms with E-state index in [2.05, 4.69) is 26.3 Å². The summed E-state index contributed by atoms with van der Waals surface area (Å²) in [6.07, 6.45) is 4.92. The van der Waals surface area contributed by atoms with Crippen LogP contribution in [0.1, 0.15) is 25.0 Å². The highest BCUT2D eigenvalue weighted by molar-refractivity contribution is 9.10. The minimum atomic E-state index is -0.318. The van der Waals surface area contributed by atoms with Crippen LogP contribution in [0.25, 0.3) is 6.08 Å². The van der Waals surface area contributed by atoms with Crippen LogP contribution in [0.5, 0.6) is 11.5 Å². The molecule has 2 aromatic carbocycles. The SMILES string of the molecule is COc1cc(C=CC(=O)Nc2nn(Cc3ccc(Cl)cc3Cl)cc2Br)ccc1OC(C)C. The predicted molar refractivity (Wildman–Crippen MR) is 132 cm³/mol. The first-order valence-electron chi connectivity index (χ1n) is 9.75. The van der Waals surface area contributed by atoms with E-state index in [9.17, 15) is 4.79 Å². The third-order valence-corrected chi connectivity index (χ3v) is 5.45. The van der Waals surface area contributed by atoms with Crippen LogP contribution in [-0.4, -0.2) is 28.9 Å². The number of methoxy groups -OCH3 is 1. The zero-order chi connectivity index (χ0) is 23.3. The first kappa shape index (κ1) is 24.2. The summed E-state index contributed by atoms with van der Waals surface area (Å²) < 4.78 is 13.4. The Morgan fingerprint density at radius 1 is 1.22 bits per heavy atom. The number of halogens is 3. The maximum Gasteiger partial charge on any atom is 0.249 e.